The Morgan fingerprint density at radius 2 is 1.73 bits per heavy atom. The number of hydrogen-bond acceptors (Lipinski definition) is 5. The fourth-order valence-corrected chi connectivity index (χ4v) is 5.44. The number of carbonyl (C=O) groups excluding carboxylic acids is 2. The van der Waals surface area contributed by atoms with Crippen molar-refractivity contribution < 1.29 is 27.1 Å². The highest BCUT2D eigenvalue weighted by Gasteiger charge is 2.32. The van der Waals surface area contributed by atoms with E-state index in [0.29, 0.717) is 13.1 Å². The Bertz CT molecular complexity index is 1040. The van der Waals surface area contributed by atoms with E-state index in [0.717, 1.165) is 12.5 Å². The van der Waals surface area contributed by atoms with Gasteiger partial charge in [-0.25, -0.2) is 17.6 Å². The lowest BCUT2D eigenvalue weighted by Crippen LogP contribution is -2.42. The molecule has 6 nitrogen and oxygen atoms in total. The smallest absolute Gasteiger partial charge is 0.338 e. The molecule has 0 aromatic heterocycles. The summed E-state index contributed by atoms with van der Waals surface area (Å²) in [5, 5.41) is 0. The van der Waals surface area contributed by atoms with Crippen LogP contribution in [0.2, 0.25) is 0 Å². The molecule has 8 heteroatoms. The van der Waals surface area contributed by atoms with Crippen molar-refractivity contribution in [2.24, 2.45) is 11.8 Å². The highest BCUT2D eigenvalue weighted by Crippen LogP contribution is 2.27. The summed E-state index contributed by atoms with van der Waals surface area (Å²) in [6.45, 7) is 4.24. The van der Waals surface area contributed by atoms with Gasteiger partial charge in [-0.05, 0) is 48.6 Å². The number of carbonyl (C=O) groups is 2. The van der Waals surface area contributed by atoms with E-state index in [1.165, 1.54) is 46.8 Å². The molecule has 1 heterocycles. The topological polar surface area (TPSA) is 80.8 Å². The van der Waals surface area contributed by atoms with Crippen LogP contribution in [0.4, 0.5) is 4.39 Å². The van der Waals surface area contributed by atoms with Crippen molar-refractivity contribution >= 4 is 21.8 Å². The second-order valence-electron chi connectivity index (χ2n) is 7.78. The Morgan fingerprint density at radius 3 is 2.40 bits per heavy atom. The van der Waals surface area contributed by atoms with Crippen molar-refractivity contribution in [1.29, 1.82) is 0 Å². The number of ketones is 1. The van der Waals surface area contributed by atoms with Crippen LogP contribution in [0.5, 0.6) is 0 Å². The number of nitrogens with zero attached hydrogens (tertiary/aromatic N) is 1. The maximum atomic E-state index is 13.7. The molecule has 1 saturated heterocycles. The van der Waals surface area contributed by atoms with Crippen LogP contribution in [0, 0.1) is 17.7 Å². The molecule has 2 aromatic carbocycles. The van der Waals surface area contributed by atoms with Gasteiger partial charge >= 0.3 is 5.97 Å². The molecule has 0 amide bonds. The molecule has 0 aliphatic carbocycles. The Morgan fingerprint density at radius 1 is 1.07 bits per heavy atom. The lowest BCUT2D eigenvalue weighted by Gasteiger charge is -2.34. The van der Waals surface area contributed by atoms with Crippen molar-refractivity contribution in [3.63, 3.8) is 0 Å². The van der Waals surface area contributed by atoms with Gasteiger partial charge in [0.25, 0.3) is 0 Å². The number of sulfonamides is 1. The summed E-state index contributed by atoms with van der Waals surface area (Å²) in [4.78, 5) is 24.4. The van der Waals surface area contributed by atoms with Gasteiger partial charge in [-0.3, -0.25) is 4.79 Å². The number of hydrogen-bond donors (Lipinski definition) is 0. The van der Waals surface area contributed by atoms with Crippen molar-refractivity contribution in [2.75, 3.05) is 19.7 Å². The van der Waals surface area contributed by atoms with Gasteiger partial charge in [-0.2, -0.15) is 4.31 Å². The van der Waals surface area contributed by atoms with Crippen molar-refractivity contribution in [2.45, 2.75) is 25.2 Å². The van der Waals surface area contributed by atoms with E-state index in [1.54, 1.807) is 0 Å². The van der Waals surface area contributed by atoms with Gasteiger partial charge in [-0.1, -0.05) is 32.0 Å². The monoisotopic (exact) mass is 433 g/mol. The largest absolute Gasteiger partial charge is 0.454 e. The molecule has 0 bridgehead atoms. The zero-order valence-corrected chi connectivity index (χ0v) is 17.7. The second-order valence-corrected chi connectivity index (χ2v) is 9.71. The molecule has 1 fully saturated rings. The molecule has 30 heavy (non-hydrogen) atoms. The molecule has 160 valence electrons. The average molecular weight is 434 g/mol. The molecule has 2 atom stereocenters. The van der Waals surface area contributed by atoms with E-state index in [2.05, 4.69) is 0 Å². The first-order valence-electron chi connectivity index (χ1n) is 9.73. The number of halogens is 1. The molecular weight excluding hydrogens is 409 g/mol. The summed E-state index contributed by atoms with van der Waals surface area (Å²) >= 11 is 0. The van der Waals surface area contributed by atoms with Gasteiger partial charge < -0.3 is 4.74 Å². The van der Waals surface area contributed by atoms with E-state index in [9.17, 15) is 22.4 Å². The average Bonchev–Trinajstić information content (AvgIpc) is 2.71. The van der Waals surface area contributed by atoms with Crippen LogP contribution in [-0.4, -0.2) is 44.2 Å². The minimum absolute atomic E-state index is 0.00122. The van der Waals surface area contributed by atoms with Gasteiger partial charge in [0, 0.05) is 13.1 Å². The van der Waals surface area contributed by atoms with Crippen LogP contribution in [0.3, 0.4) is 0 Å². The fraction of sp³-hybridized carbons (Fsp3) is 0.364. The van der Waals surface area contributed by atoms with E-state index in [1.807, 2.05) is 13.8 Å². The zero-order valence-electron chi connectivity index (χ0n) is 16.9. The Labute approximate surface area is 175 Å². The van der Waals surface area contributed by atoms with Crippen molar-refractivity contribution in [1.82, 2.24) is 4.31 Å². The van der Waals surface area contributed by atoms with Crippen LogP contribution in [-0.2, 0) is 14.8 Å². The molecule has 2 aromatic rings. The number of piperidine rings is 1. The summed E-state index contributed by atoms with van der Waals surface area (Å²) in [5.74, 6) is -1.72. The molecule has 0 radical (unpaired) electrons. The second kappa shape index (κ2) is 9.06. The molecule has 2 unspecified atom stereocenters. The first kappa shape index (κ1) is 22.1. The highest BCUT2D eigenvalue weighted by molar-refractivity contribution is 7.89. The lowest BCUT2D eigenvalue weighted by molar-refractivity contribution is 0.0473. The normalized spacial score (nSPS) is 20.0. The number of ether oxygens (including phenoxy) is 1. The Kier molecular flexibility index (Phi) is 6.67. The van der Waals surface area contributed by atoms with Gasteiger partial charge in [-0.15, -0.1) is 0 Å². The van der Waals surface area contributed by atoms with Crippen LogP contribution < -0.4 is 0 Å². The van der Waals surface area contributed by atoms with E-state index in [4.69, 9.17) is 4.74 Å². The van der Waals surface area contributed by atoms with Crippen LogP contribution in [0.15, 0.2) is 53.4 Å². The predicted molar refractivity (Wildman–Crippen MR) is 109 cm³/mol. The first-order chi connectivity index (χ1) is 14.2. The minimum atomic E-state index is -3.75. The van der Waals surface area contributed by atoms with E-state index < -0.39 is 34.2 Å². The third kappa shape index (κ3) is 4.94. The van der Waals surface area contributed by atoms with Crippen LogP contribution in [0.25, 0.3) is 0 Å². The third-order valence-electron chi connectivity index (χ3n) is 5.05. The van der Waals surface area contributed by atoms with Crippen molar-refractivity contribution in [3.8, 4) is 0 Å². The van der Waals surface area contributed by atoms with Gasteiger partial charge in [0.05, 0.1) is 16.0 Å². The molecule has 0 saturated carbocycles. The zero-order chi connectivity index (χ0) is 21.9. The standard InChI is InChI=1S/C22H24FNO5S/c1-15-10-16(2)13-24(12-15)30(27,28)18-7-5-6-17(11-18)22(26)29-14-21(25)19-8-3-4-9-20(19)23/h3-9,11,15-16H,10,12-14H2,1-2H3. The molecular formula is C22H24FNO5S. The van der Waals surface area contributed by atoms with Crippen LogP contribution in [0.1, 0.15) is 41.0 Å². The third-order valence-corrected chi connectivity index (χ3v) is 6.88. The lowest BCUT2D eigenvalue weighted by atomic mass is 9.94. The molecule has 1 aliphatic rings. The Hall–Kier alpha value is -2.58. The SMILES string of the molecule is CC1CC(C)CN(S(=O)(=O)c2cccc(C(=O)OCC(=O)c3ccccc3F)c2)C1. The molecule has 1 aliphatic heterocycles. The number of rotatable bonds is 6. The molecule has 3 rings (SSSR count). The van der Waals surface area contributed by atoms with E-state index in [-0.39, 0.29) is 27.9 Å². The predicted octanol–water partition coefficient (Wildman–Crippen LogP) is 3.53. The molecule has 0 spiro atoms. The maximum Gasteiger partial charge on any atom is 0.338 e. The summed E-state index contributed by atoms with van der Waals surface area (Å²) in [6.07, 6.45) is 0.967. The molecule has 0 N–H and O–H groups in total. The number of Topliss-reactive ketones (excluding diaryl/α,β-unsaturated/α-hetero) is 1. The fourth-order valence-electron chi connectivity index (χ4n) is 3.71. The Balaban J connectivity index is 1.72. The number of esters is 1. The number of benzene rings is 2. The first-order valence-corrected chi connectivity index (χ1v) is 11.2. The summed E-state index contributed by atoms with van der Waals surface area (Å²) in [6, 6.07) is 11.0. The maximum absolute atomic E-state index is 13.7. The van der Waals surface area contributed by atoms with Crippen LogP contribution >= 0.6 is 0 Å². The van der Waals surface area contributed by atoms with E-state index >= 15 is 0 Å². The van der Waals surface area contributed by atoms with Gasteiger partial charge in [0.1, 0.15) is 5.82 Å². The summed E-state index contributed by atoms with van der Waals surface area (Å²) in [5.41, 5.74) is -0.162. The minimum Gasteiger partial charge on any atom is -0.454 e. The summed E-state index contributed by atoms with van der Waals surface area (Å²) in [7, 11) is -3.75. The van der Waals surface area contributed by atoms with Crippen molar-refractivity contribution in [3.05, 3.63) is 65.5 Å². The van der Waals surface area contributed by atoms with Gasteiger partial charge in [0.15, 0.2) is 6.61 Å². The quantitative estimate of drug-likeness (QED) is 0.514. The van der Waals surface area contributed by atoms with Gasteiger partial charge in [0.2, 0.25) is 15.8 Å². The highest BCUT2D eigenvalue weighted by atomic mass is 32.2. The summed E-state index contributed by atoms with van der Waals surface area (Å²) < 4.78 is 46.1.